The lowest BCUT2D eigenvalue weighted by atomic mass is 9.80. The minimum absolute atomic E-state index is 0.0411. The van der Waals surface area contributed by atoms with Crippen molar-refractivity contribution in [1.82, 2.24) is 0 Å². The van der Waals surface area contributed by atoms with E-state index >= 15 is 0 Å². The smallest absolute Gasteiger partial charge is 0.204 e. The second-order valence-electron chi connectivity index (χ2n) is 12.6. The van der Waals surface area contributed by atoms with Crippen LogP contribution in [0.4, 0.5) is 0 Å². The Morgan fingerprint density at radius 2 is 0.529 bits per heavy atom. The van der Waals surface area contributed by atoms with Crippen LogP contribution in [0.25, 0.3) is 87.2 Å². The van der Waals surface area contributed by atoms with Crippen LogP contribution in [0, 0.1) is 0 Å². The van der Waals surface area contributed by atoms with Gasteiger partial charge in [-0.15, -0.1) is 0 Å². The van der Waals surface area contributed by atoms with E-state index in [1.165, 1.54) is 0 Å². The molecule has 0 aliphatic rings. The molecule has 0 aliphatic heterocycles. The van der Waals surface area contributed by atoms with Gasteiger partial charge in [-0.3, -0.25) is 0 Å². The van der Waals surface area contributed by atoms with Gasteiger partial charge >= 0.3 is 0 Å². The van der Waals surface area contributed by atoms with E-state index in [-0.39, 0.29) is 38.2 Å². The Bertz CT molecular complexity index is 2930. The maximum atomic E-state index is 12.7. The van der Waals surface area contributed by atoms with Gasteiger partial charge in [0.2, 0.25) is 11.5 Å². The molecule has 9 aromatic carbocycles. The first-order valence-corrected chi connectivity index (χ1v) is 16.3. The lowest BCUT2D eigenvalue weighted by molar-refractivity contribution is 0.351. The second kappa shape index (κ2) is 10.9. The summed E-state index contributed by atoms with van der Waals surface area (Å²) in [5, 5.41) is 87.1. The summed E-state index contributed by atoms with van der Waals surface area (Å²) in [6.45, 7) is 0. The van der Waals surface area contributed by atoms with Crippen LogP contribution < -0.4 is 0 Å². The SMILES string of the molecule is Oc1c(O)c(O)c2c(-c3cccc4ccccc34)c3c(O)c(-c4cccc5ccccc45)c(O)c(O)c3c(-c3cccc4ccccc34)c2c1O. The molecule has 0 aromatic heterocycles. The molecule has 7 nitrogen and oxygen atoms in total. The number of aromatic hydroxyl groups is 7. The molecule has 0 heterocycles. The van der Waals surface area contributed by atoms with Crippen molar-refractivity contribution in [2.24, 2.45) is 0 Å². The molecule has 0 spiro atoms. The Kier molecular flexibility index (Phi) is 6.44. The van der Waals surface area contributed by atoms with Crippen LogP contribution in [-0.2, 0) is 0 Å². The summed E-state index contributed by atoms with van der Waals surface area (Å²) in [6.07, 6.45) is 0. The number of fused-ring (bicyclic) bond motifs is 5. The molecule has 9 rings (SSSR count). The highest BCUT2D eigenvalue weighted by Gasteiger charge is 2.33. The van der Waals surface area contributed by atoms with Crippen LogP contribution in [0.5, 0.6) is 40.2 Å². The van der Waals surface area contributed by atoms with Gasteiger partial charge in [0.25, 0.3) is 0 Å². The van der Waals surface area contributed by atoms with E-state index in [4.69, 9.17) is 0 Å². The largest absolute Gasteiger partial charge is 0.506 e. The second-order valence-corrected chi connectivity index (χ2v) is 12.6. The Morgan fingerprint density at radius 1 is 0.235 bits per heavy atom. The molecule has 0 bridgehead atoms. The number of hydrogen-bond donors (Lipinski definition) is 7. The van der Waals surface area contributed by atoms with Crippen LogP contribution >= 0.6 is 0 Å². The Morgan fingerprint density at radius 3 is 0.922 bits per heavy atom. The maximum Gasteiger partial charge on any atom is 0.204 e. The molecule has 0 radical (unpaired) electrons. The van der Waals surface area contributed by atoms with Crippen molar-refractivity contribution in [3.8, 4) is 73.6 Å². The first-order valence-electron chi connectivity index (χ1n) is 16.3. The molecule has 246 valence electrons. The van der Waals surface area contributed by atoms with E-state index in [2.05, 4.69) is 0 Å². The van der Waals surface area contributed by atoms with Gasteiger partial charge in [0.05, 0.1) is 5.56 Å². The van der Waals surface area contributed by atoms with Crippen molar-refractivity contribution in [1.29, 1.82) is 0 Å². The molecule has 51 heavy (non-hydrogen) atoms. The third-order valence-electron chi connectivity index (χ3n) is 9.99. The first kappa shape index (κ1) is 30.0. The number of rotatable bonds is 3. The van der Waals surface area contributed by atoms with Crippen molar-refractivity contribution in [2.45, 2.75) is 0 Å². The van der Waals surface area contributed by atoms with Crippen molar-refractivity contribution in [3.63, 3.8) is 0 Å². The Labute approximate surface area is 290 Å². The predicted octanol–water partition coefficient (Wildman–Crippen LogP) is 10.4. The van der Waals surface area contributed by atoms with E-state index in [9.17, 15) is 35.7 Å². The standard InChI is InChI=1S/C44H28O7/c45-38-33(30-21-9-15-24-12-3-6-18-27(24)30)39(46)40(47)35-32(29-20-8-14-23-11-2-5-17-26(23)29)37-36(41(48)43(50)44(51)42(37)49)31(34(35)38)28-19-7-13-22-10-1-4-16-25(22)28/h1-21,45-51H. The molecule has 0 saturated heterocycles. The van der Waals surface area contributed by atoms with Gasteiger partial charge in [-0.2, -0.15) is 0 Å². The first-order chi connectivity index (χ1) is 24.8. The molecular weight excluding hydrogens is 640 g/mol. The van der Waals surface area contributed by atoms with Gasteiger partial charge in [-0.05, 0) is 49.0 Å². The summed E-state index contributed by atoms with van der Waals surface area (Å²) in [5.74, 6) is -5.04. The molecule has 0 amide bonds. The Balaban J connectivity index is 1.63. The summed E-state index contributed by atoms with van der Waals surface area (Å²) in [4.78, 5) is 0. The van der Waals surface area contributed by atoms with Gasteiger partial charge in [-0.1, -0.05) is 127 Å². The van der Waals surface area contributed by atoms with E-state index in [1.54, 1.807) is 36.4 Å². The van der Waals surface area contributed by atoms with E-state index in [1.807, 2.05) is 91.0 Å². The van der Waals surface area contributed by atoms with Crippen LogP contribution in [0.15, 0.2) is 127 Å². The summed E-state index contributed by atoms with van der Waals surface area (Å²) in [5.41, 5.74) is 1.59. The maximum absolute atomic E-state index is 12.7. The van der Waals surface area contributed by atoms with Crippen molar-refractivity contribution >= 4 is 53.9 Å². The molecule has 0 saturated carbocycles. The molecule has 9 aromatic rings. The summed E-state index contributed by atoms with van der Waals surface area (Å²) in [7, 11) is 0. The van der Waals surface area contributed by atoms with Crippen LogP contribution in [0.3, 0.4) is 0 Å². The minimum atomic E-state index is -0.968. The lowest BCUT2D eigenvalue weighted by Gasteiger charge is -2.24. The van der Waals surface area contributed by atoms with Crippen molar-refractivity contribution in [3.05, 3.63) is 127 Å². The van der Waals surface area contributed by atoms with Crippen LogP contribution in [0.2, 0.25) is 0 Å². The number of hydrogen-bond acceptors (Lipinski definition) is 7. The van der Waals surface area contributed by atoms with Gasteiger partial charge in [-0.25, -0.2) is 0 Å². The topological polar surface area (TPSA) is 142 Å². The zero-order valence-electron chi connectivity index (χ0n) is 26.8. The molecule has 0 atom stereocenters. The van der Waals surface area contributed by atoms with Gasteiger partial charge in [0.1, 0.15) is 5.75 Å². The zero-order chi connectivity index (χ0) is 35.1. The van der Waals surface area contributed by atoms with E-state index in [0.29, 0.717) is 32.8 Å². The zero-order valence-corrected chi connectivity index (χ0v) is 26.8. The minimum Gasteiger partial charge on any atom is -0.506 e. The van der Waals surface area contributed by atoms with E-state index < -0.39 is 40.2 Å². The summed E-state index contributed by atoms with van der Waals surface area (Å²) >= 11 is 0. The number of benzene rings is 9. The third kappa shape index (κ3) is 4.12. The Hall–Kier alpha value is -7.12. The van der Waals surface area contributed by atoms with Crippen LogP contribution in [0.1, 0.15) is 0 Å². The number of phenolic OH excluding ortho intramolecular Hbond substituents is 7. The average Bonchev–Trinajstić information content (AvgIpc) is 3.17. The highest BCUT2D eigenvalue weighted by molar-refractivity contribution is 6.32. The van der Waals surface area contributed by atoms with Gasteiger partial charge < -0.3 is 35.7 Å². The average molecular weight is 669 g/mol. The molecule has 0 fully saturated rings. The highest BCUT2D eigenvalue weighted by Crippen LogP contribution is 2.62. The lowest BCUT2D eigenvalue weighted by Crippen LogP contribution is -1.96. The van der Waals surface area contributed by atoms with Crippen LogP contribution in [-0.4, -0.2) is 35.7 Å². The normalized spacial score (nSPS) is 11.7. The monoisotopic (exact) mass is 668 g/mol. The summed E-state index contributed by atoms with van der Waals surface area (Å²) in [6, 6.07) is 38.7. The predicted molar refractivity (Wildman–Crippen MR) is 202 cm³/mol. The molecule has 7 N–H and O–H groups in total. The third-order valence-corrected chi connectivity index (χ3v) is 9.99. The van der Waals surface area contributed by atoms with E-state index in [0.717, 1.165) is 16.2 Å². The van der Waals surface area contributed by atoms with Gasteiger partial charge in [0.15, 0.2) is 23.0 Å². The van der Waals surface area contributed by atoms with Crippen molar-refractivity contribution < 1.29 is 35.7 Å². The molecule has 0 aliphatic carbocycles. The fourth-order valence-corrected chi connectivity index (χ4v) is 7.76. The molecular formula is C44H28O7. The van der Waals surface area contributed by atoms with Gasteiger partial charge in [0, 0.05) is 32.7 Å². The quantitative estimate of drug-likeness (QED) is 0.0564. The summed E-state index contributed by atoms with van der Waals surface area (Å²) < 4.78 is 0. The highest BCUT2D eigenvalue weighted by atomic mass is 16.3. The fourth-order valence-electron chi connectivity index (χ4n) is 7.76. The van der Waals surface area contributed by atoms with Crippen molar-refractivity contribution in [2.75, 3.05) is 0 Å². The fraction of sp³-hybridized carbons (Fsp3) is 0. The molecule has 7 heteroatoms. The molecule has 0 unspecified atom stereocenters. The number of phenols is 7.